The van der Waals surface area contributed by atoms with E-state index in [0.29, 0.717) is 17.8 Å². The third kappa shape index (κ3) is 2.50. The maximum Gasteiger partial charge on any atom is 0.299 e. The fraction of sp³-hybridized carbons (Fsp3) is 0.125. The Morgan fingerprint density at radius 3 is 2.33 bits per heavy atom. The smallest absolute Gasteiger partial charge is 0.299 e. The Hall–Kier alpha value is -1.98. The predicted molar refractivity (Wildman–Crippen MR) is 82.0 cm³/mol. The fourth-order valence-electron chi connectivity index (χ4n) is 2.36. The number of halogens is 1. The molecule has 2 aromatic carbocycles. The number of nitrogens with zero attached hydrogens (tertiary/aromatic N) is 1. The van der Waals surface area contributed by atoms with Gasteiger partial charge in [-0.25, -0.2) is 0 Å². The van der Waals surface area contributed by atoms with E-state index in [0.717, 1.165) is 15.6 Å². The maximum atomic E-state index is 12.1. The number of aliphatic hydroxyl groups is 1. The van der Waals surface area contributed by atoms with E-state index in [9.17, 15) is 9.59 Å². The lowest BCUT2D eigenvalue weighted by molar-refractivity contribution is -0.114. The molecule has 1 aliphatic heterocycles. The summed E-state index contributed by atoms with van der Waals surface area (Å²) in [5.74, 6) is -0.973. The molecule has 0 saturated heterocycles. The molecule has 5 heteroatoms. The first kappa shape index (κ1) is 14.0. The first-order valence-corrected chi connectivity index (χ1v) is 7.24. The number of aliphatic hydroxyl groups excluding tert-OH is 1. The number of carbonyl (C=O) groups is 2. The lowest BCUT2D eigenvalue weighted by Gasteiger charge is -2.17. The molecule has 21 heavy (non-hydrogen) atoms. The van der Waals surface area contributed by atoms with Gasteiger partial charge in [-0.05, 0) is 29.3 Å². The molecule has 106 valence electrons. The van der Waals surface area contributed by atoms with E-state index in [2.05, 4.69) is 15.9 Å². The molecule has 3 rings (SSSR count). The van der Waals surface area contributed by atoms with Gasteiger partial charge in [0.25, 0.3) is 11.7 Å². The molecule has 2 aromatic rings. The molecule has 0 spiro atoms. The van der Waals surface area contributed by atoms with Crippen molar-refractivity contribution in [3.63, 3.8) is 0 Å². The van der Waals surface area contributed by atoms with Crippen LogP contribution in [0.3, 0.4) is 0 Å². The molecule has 1 amide bonds. The van der Waals surface area contributed by atoms with Crippen LogP contribution in [-0.2, 0) is 17.9 Å². The Balaban J connectivity index is 1.93. The minimum Gasteiger partial charge on any atom is -0.392 e. The number of rotatable bonds is 3. The van der Waals surface area contributed by atoms with Gasteiger partial charge in [0, 0.05) is 4.47 Å². The number of carbonyl (C=O) groups excluding carboxylic acids is 2. The summed E-state index contributed by atoms with van der Waals surface area (Å²) in [6.07, 6.45) is 0. The van der Waals surface area contributed by atoms with Crippen LogP contribution < -0.4 is 4.90 Å². The normalized spacial score (nSPS) is 13.7. The number of fused-ring (bicyclic) bond motifs is 1. The van der Waals surface area contributed by atoms with E-state index in [1.54, 1.807) is 30.3 Å². The number of anilines is 1. The molecule has 0 bridgehead atoms. The highest BCUT2D eigenvalue weighted by molar-refractivity contribution is 9.10. The van der Waals surface area contributed by atoms with Gasteiger partial charge >= 0.3 is 0 Å². The van der Waals surface area contributed by atoms with E-state index in [-0.39, 0.29) is 6.61 Å². The van der Waals surface area contributed by atoms with Crippen molar-refractivity contribution in [2.45, 2.75) is 13.2 Å². The zero-order valence-corrected chi connectivity index (χ0v) is 12.6. The second kappa shape index (κ2) is 5.42. The lowest BCUT2D eigenvalue weighted by Crippen LogP contribution is -2.29. The van der Waals surface area contributed by atoms with E-state index in [1.807, 2.05) is 12.1 Å². The summed E-state index contributed by atoms with van der Waals surface area (Å²) >= 11 is 3.36. The van der Waals surface area contributed by atoms with Gasteiger partial charge in [0.1, 0.15) is 0 Å². The number of amides is 1. The van der Waals surface area contributed by atoms with Gasteiger partial charge in [-0.2, -0.15) is 0 Å². The number of benzene rings is 2. The van der Waals surface area contributed by atoms with Crippen LogP contribution >= 0.6 is 15.9 Å². The van der Waals surface area contributed by atoms with Gasteiger partial charge in [0.05, 0.1) is 24.4 Å². The summed E-state index contributed by atoms with van der Waals surface area (Å²) in [7, 11) is 0. The topological polar surface area (TPSA) is 57.6 Å². The van der Waals surface area contributed by atoms with Gasteiger partial charge in [0.15, 0.2) is 0 Å². The molecule has 1 N–H and O–H groups in total. The summed E-state index contributed by atoms with van der Waals surface area (Å²) in [5.41, 5.74) is 2.78. The van der Waals surface area contributed by atoms with Crippen molar-refractivity contribution in [3.8, 4) is 0 Å². The highest BCUT2D eigenvalue weighted by Gasteiger charge is 2.35. The molecule has 0 aliphatic carbocycles. The zero-order chi connectivity index (χ0) is 15.0. The molecule has 0 unspecified atom stereocenters. The Kier molecular flexibility index (Phi) is 3.61. The molecule has 4 nitrogen and oxygen atoms in total. The second-order valence-corrected chi connectivity index (χ2v) is 5.77. The molecule has 1 heterocycles. The van der Waals surface area contributed by atoms with Crippen molar-refractivity contribution < 1.29 is 14.7 Å². The second-order valence-electron chi connectivity index (χ2n) is 4.86. The molecule has 1 aliphatic rings. The third-order valence-corrected chi connectivity index (χ3v) is 3.97. The van der Waals surface area contributed by atoms with Gasteiger partial charge in [-0.3, -0.25) is 9.59 Å². The number of hydrogen-bond donors (Lipinski definition) is 1. The van der Waals surface area contributed by atoms with Crippen molar-refractivity contribution in [1.29, 1.82) is 0 Å². The molecule has 0 radical (unpaired) electrons. The maximum absolute atomic E-state index is 12.1. The van der Waals surface area contributed by atoms with Crippen molar-refractivity contribution >= 4 is 33.3 Å². The predicted octanol–water partition coefficient (Wildman–Crippen LogP) is 2.67. The van der Waals surface area contributed by atoms with Crippen molar-refractivity contribution in [3.05, 3.63) is 63.6 Å². The Morgan fingerprint density at radius 1 is 1.00 bits per heavy atom. The summed E-state index contributed by atoms with van der Waals surface area (Å²) in [5, 5.41) is 9.04. The van der Waals surface area contributed by atoms with E-state index >= 15 is 0 Å². The first-order valence-electron chi connectivity index (χ1n) is 6.44. The molecular weight excluding hydrogens is 334 g/mol. The van der Waals surface area contributed by atoms with Crippen LogP contribution in [0.4, 0.5) is 5.69 Å². The van der Waals surface area contributed by atoms with Crippen LogP contribution in [0.5, 0.6) is 0 Å². The summed E-state index contributed by atoms with van der Waals surface area (Å²) in [6, 6.07) is 12.5. The van der Waals surface area contributed by atoms with Crippen LogP contribution in [0.25, 0.3) is 0 Å². The van der Waals surface area contributed by atoms with Crippen molar-refractivity contribution in [1.82, 2.24) is 0 Å². The Morgan fingerprint density at radius 2 is 1.67 bits per heavy atom. The number of Topliss-reactive ketones (excluding diaryl/α,β-unsaturated/α-hetero) is 1. The molecule has 0 aromatic heterocycles. The number of hydrogen-bond acceptors (Lipinski definition) is 3. The molecule has 0 atom stereocenters. The minimum atomic E-state index is -0.505. The quantitative estimate of drug-likeness (QED) is 0.870. The van der Waals surface area contributed by atoms with Crippen LogP contribution in [0, 0.1) is 0 Å². The van der Waals surface area contributed by atoms with Crippen LogP contribution in [0.2, 0.25) is 0 Å². The van der Waals surface area contributed by atoms with E-state index < -0.39 is 11.7 Å². The SMILES string of the molecule is O=C1C(=O)N(Cc2ccc(CO)cc2)c2cc(Br)ccc21. The highest BCUT2D eigenvalue weighted by atomic mass is 79.9. The monoisotopic (exact) mass is 345 g/mol. The van der Waals surface area contributed by atoms with Crippen LogP contribution in [0.1, 0.15) is 21.5 Å². The summed E-state index contributed by atoms with van der Waals surface area (Å²) in [4.78, 5) is 25.6. The van der Waals surface area contributed by atoms with E-state index in [1.165, 1.54) is 4.90 Å². The molecule has 0 saturated carbocycles. The lowest BCUT2D eigenvalue weighted by atomic mass is 10.1. The first-order chi connectivity index (χ1) is 10.1. The van der Waals surface area contributed by atoms with Gasteiger partial charge < -0.3 is 10.0 Å². The molecular formula is C16H12BrNO3. The van der Waals surface area contributed by atoms with Crippen molar-refractivity contribution in [2.75, 3.05) is 4.90 Å². The number of ketones is 1. The minimum absolute atomic E-state index is 0.0167. The van der Waals surface area contributed by atoms with Crippen molar-refractivity contribution in [2.24, 2.45) is 0 Å². The zero-order valence-electron chi connectivity index (χ0n) is 11.0. The largest absolute Gasteiger partial charge is 0.392 e. The highest BCUT2D eigenvalue weighted by Crippen LogP contribution is 2.32. The van der Waals surface area contributed by atoms with E-state index in [4.69, 9.17) is 5.11 Å². The van der Waals surface area contributed by atoms with Gasteiger partial charge in [-0.15, -0.1) is 0 Å². The fourth-order valence-corrected chi connectivity index (χ4v) is 2.71. The Labute approximate surface area is 130 Å². The van der Waals surface area contributed by atoms with Crippen LogP contribution in [0.15, 0.2) is 46.9 Å². The summed E-state index contributed by atoms with van der Waals surface area (Å²) < 4.78 is 0.823. The van der Waals surface area contributed by atoms with Crippen LogP contribution in [-0.4, -0.2) is 16.8 Å². The molecule has 0 fully saturated rings. The third-order valence-electron chi connectivity index (χ3n) is 3.48. The average molecular weight is 346 g/mol. The summed E-state index contributed by atoms with van der Waals surface area (Å²) in [6.45, 7) is 0.316. The van der Waals surface area contributed by atoms with Gasteiger partial charge in [0.2, 0.25) is 0 Å². The standard InChI is InChI=1S/C16H12BrNO3/c17-12-5-6-13-14(7-12)18(16(21)15(13)20)8-10-1-3-11(9-19)4-2-10/h1-7,19H,8-9H2. The average Bonchev–Trinajstić information content (AvgIpc) is 2.73. The van der Waals surface area contributed by atoms with Gasteiger partial charge in [-0.1, -0.05) is 40.2 Å². The Bertz CT molecular complexity index is 725.